The first-order valence-corrected chi connectivity index (χ1v) is 4.93. The average Bonchev–Trinajstić information content (AvgIpc) is 2.81. The van der Waals surface area contributed by atoms with Gasteiger partial charge in [0.15, 0.2) is 0 Å². The van der Waals surface area contributed by atoms with Crippen LogP contribution in [0.2, 0.25) is 5.02 Å². The standard InChI is InChI=1S/C11H12ClO/c1-8-6-9(8)7-13-11-4-2-10(12)3-5-11/h2-4,8-9H,6-7H2,1H3. The molecule has 1 aromatic rings. The molecule has 69 valence electrons. The van der Waals surface area contributed by atoms with E-state index in [0.29, 0.717) is 5.02 Å². The van der Waals surface area contributed by atoms with Gasteiger partial charge in [0, 0.05) is 11.1 Å². The van der Waals surface area contributed by atoms with E-state index in [1.165, 1.54) is 6.42 Å². The highest BCUT2D eigenvalue weighted by Gasteiger charge is 2.32. The molecule has 0 N–H and O–H groups in total. The van der Waals surface area contributed by atoms with Crippen molar-refractivity contribution < 1.29 is 4.74 Å². The van der Waals surface area contributed by atoms with Crippen LogP contribution in [0, 0.1) is 17.9 Å². The molecule has 0 spiro atoms. The van der Waals surface area contributed by atoms with Crippen molar-refractivity contribution in [3.8, 4) is 5.75 Å². The lowest BCUT2D eigenvalue weighted by atomic mass is 10.3. The smallest absolute Gasteiger partial charge is 0.127 e. The number of hydrogen-bond acceptors (Lipinski definition) is 1. The van der Waals surface area contributed by atoms with Crippen molar-refractivity contribution in [1.82, 2.24) is 0 Å². The van der Waals surface area contributed by atoms with Gasteiger partial charge < -0.3 is 4.74 Å². The molecule has 1 fully saturated rings. The molecule has 0 amide bonds. The second kappa shape index (κ2) is 3.59. The summed E-state index contributed by atoms with van der Waals surface area (Å²) in [5.41, 5.74) is 0. The third kappa shape index (κ3) is 2.38. The summed E-state index contributed by atoms with van der Waals surface area (Å²) in [7, 11) is 0. The normalized spacial score (nSPS) is 25.7. The largest absolute Gasteiger partial charge is 0.493 e. The van der Waals surface area contributed by atoms with E-state index < -0.39 is 0 Å². The van der Waals surface area contributed by atoms with Gasteiger partial charge in [-0.15, -0.1) is 0 Å². The second-order valence-corrected chi connectivity index (χ2v) is 4.09. The van der Waals surface area contributed by atoms with E-state index in [0.717, 1.165) is 24.2 Å². The Bertz CT molecular complexity index is 281. The third-order valence-corrected chi connectivity index (χ3v) is 2.71. The Morgan fingerprint density at radius 3 is 2.92 bits per heavy atom. The van der Waals surface area contributed by atoms with Gasteiger partial charge in [-0.3, -0.25) is 0 Å². The van der Waals surface area contributed by atoms with Gasteiger partial charge in [-0.25, -0.2) is 0 Å². The van der Waals surface area contributed by atoms with Gasteiger partial charge in [-0.05, 0) is 36.5 Å². The summed E-state index contributed by atoms with van der Waals surface area (Å²) in [6.07, 6.45) is 1.30. The van der Waals surface area contributed by atoms with Gasteiger partial charge in [-0.2, -0.15) is 0 Å². The first-order valence-electron chi connectivity index (χ1n) is 4.56. The molecule has 2 heteroatoms. The maximum Gasteiger partial charge on any atom is 0.127 e. The molecule has 1 aliphatic rings. The Morgan fingerprint density at radius 2 is 2.38 bits per heavy atom. The number of ether oxygens (including phenoxy) is 1. The molecule has 2 unspecified atom stereocenters. The van der Waals surface area contributed by atoms with Crippen LogP contribution in [0.5, 0.6) is 5.75 Å². The van der Waals surface area contributed by atoms with E-state index in [9.17, 15) is 0 Å². The van der Waals surface area contributed by atoms with Crippen LogP contribution >= 0.6 is 11.6 Å². The van der Waals surface area contributed by atoms with Crippen molar-refractivity contribution in [3.05, 3.63) is 29.3 Å². The lowest BCUT2D eigenvalue weighted by molar-refractivity contribution is 0.293. The zero-order chi connectivity index (χ0) is 9.26. The Morgan fingerprint density at radius 1 is 1.62 bits per heavy atom. The quantitative estimate of drug-likeness (QED) is 0.720. The Kier molecular flexibility index (Phi) is 2.45. The van der Waals surface area contributed by atoms with Gasteiger partial charge in [0.1, 0.15) is 5.75 Å². The summed E-state index contributed by atoms with van der Waals surface area (Å²) in [5.74, 6) is 2.39. The van der Waals surface area contributed by atoms with Gasteiger partial charge in [0.25, 0.3) is 0 Å². The summed E-state index contributed by atoms with van der Waals surface area (Å²) >= 11 is 5.72. The lowest BCUT2D eigenvalue weighted by Crippen LogP contribution is -2.00. The molecule has 2 rings (SSSR count). The van der Waals surface area contributed by atoms with Crippen LogP contribution in [0.1, 0.15) is 13.3 Å². The number of halogens is 1. The summed E-state index contributed by atoms with van der Waals surface area (Å²) in [6, 6.07) is 8.39. The monoisotopic (exact) mass is 195 g/mol. The van der Waals surface area contributed by atoms with Crippen molar-refractivity contribution in [1.29, 1.82) is 0 Å². The minimum absolute atomic E-state index is 0.701. The molecule has 0 bridgehead atoms. The van der Waals surface area contributed by atoms with Crippen molar-refractivity contribution in [3.63, 3.8) is 0 Å². The number of hydrogen-bond donors (Lipinski definition) is 0. The third-order valence-electron chi connectivity index (χ3n) is 2.48. The van der Waals surface area contributed by atoms with Crippen LogP contribution < -0.4 is 4.74 Å². The van der Waals surface area contributed by atoms with Crippen LogP contribution in [0.4, 0.5) is 0 Å². The molecule has 0 aliphatic heterocycles. The molecule has 0 saturated heterocycles. The highest BCUT2D eigenvalue weighted by Crippen LogP contribution is 2.37. The molecule has 1 radical (unpaired) electrons. The molecular formula is C11H12ClO. The molecular weight excluding hydrogens is 184 g/mol. The Hall–Kier alpha value is -0.690. The van der Waals surface area contributed by atoms with Crippen LogP contribution in [0.15, 0.2) is 18.2 Å². The topological polar surface area (TPSA) is 9.23 Å². The number of rotatable bonds is 3. The Labute approximate surface area is 83.7 Å². The first-order chi connectivity index (χ1) is 6.25. The molecule has 1 aromatic carbocycles. The van der Waals surface area contributed by atoms with Gasteiger partial charge >= 0.3 is 0 Å². The zero-order valence-corrected chi connectivity index (χ0v) is 8.34. The van der Waals surface area contributed by atoms with Crippen molar-refractivity contribution in [2.24, 2.45) is 11.8 Å². The van der Waals surface area contributed by atoms with Crippen molar-refractivity contribution in [2.75, 3.05) is 6.61 Å². The lowest BCUT2D eigenvalue weighted by Gasteiger charge is -2.03. The number of benzene rings is 1. The minimum atomic E-state index is 0.701. The van der Waals surface area contributed by atoms with Crippen molar-refractivity contribution >= 4 is 11.6 Å². The fraction of sp³-hybridized carbons (Fsp3) is 0.455. The zero-order valence-electron chi connectivity index (χ0n) is 7.59. The summed E-state index contributed by atoms with van der Waals surface area (Å²) in [4.78, 5) is 0. The predicted molar refractivity (Wildman–Crippen MR) is 53.1 cm³/mol. The predicted octanol–water partition coefficient (Wildman–Crippen LogP) is 3.17. The van der Waals surface area contributed by atoms with Crippen LogP contribution in [0.3, 0.4) is 0 Å². The summed E-state index contributed by atoms with van der Waals surface area (Å²) < 4.78 is 5.54. The van der Waals surface area contributed by atoms with E-state index in [4.69, 9.17) is 16.3 Å². The van der Waals surface area contributed by atoms with Crippen LogP contribution in [-0.4, -0.2) is 6.61 Å². The molecule has 0 aromatic heterocycles. The highest BCUT2D eigenvalue weighted by molar-refractivity contribution is 6.30. The van der Waals surface area contributed by atoms with Gasteiger partial charge in [-0.1, -0.05) is 18.5 Å². The van der Waals surface area contributed by atoms with Gasteiger partial charge in [0.05, 0.1) is 6.61 Å². The molecule has 13 heavy (non-hydrogen) atoms. The van der Waals surface area contributed by atoms with Crippen molar-refractivity contribution in [2.45, 2.75) is 13.3 Å². The average molecular weight is 196 g/mol. The van der Waals surface area contributed by atoms with E-state index in [1.807, 2.05) is 12.1 Å². The fourth-order valence-corrected chi connectivity index (χ4v) is 1.43. The first kappa shape index (κ1) is 8.89. The fourth-order valence-electron chi connectivity index (χ4n) is 1.31. The highest BCUT2D eigenvalue weighted by atomic mass is 35.5. The van der Waals surface area contributed by atoms with Crippen LogP contribution in [0.25, 0.3) is 0 Å². The van der Waals surface area contributed by atoms with E-state index in [1.54, 1.807) is 6.07 Å². The maximum atomic E-state index is 5.72. The second-order valence-electron chi connectivity index (χ2n) is 3.66. The molecule has 2 atom stereocenters. The molecule has 1 aliphatic carbocycles. The van der Waals surface area contributed by atoms with E-state index in [2.05, 4.69) is 13.0 Å². The van der Waals surface area contributed by atoms with Gasteiger partial charge in [0.2, 0.25) is 0 Å². The van der Waals surface area contributed by atoms with E-state index in [-0.39, 0.29) is 0 Å². The Balaban J connectivity index is 1.84. The maximum absolute atomic E-state index is 5.72. The van der Waals surface area contributed by atoms with E-state index >= 15 is 0 Å². The SMILES string of the molecule is CC1CC1COc1[c]cc(Cl)cc1. The summed E-state index contributed by atoms with van der Waals surface area (Å²) in [5, 5.41) is 0.701. The minimum Gasteiger partial charge on any atom is -0.493 e. The molecule has 1 nitrogen and oxygen atoms in total. The summed E-state index contributed by atoms with van der Waals surface area (Å²) in [6.45, 7) is 3.07. The molecule has 1 saturated carbocycles. The molecule has 0 heterocycles. The van der Waals surface area contributed by atoms with Crippen LogP contribution in [-0.2, 0) is 0 Å².